The minimum Gasteiger partial charge on any atom is -0.286 e. The largest absolute Gasteiger partial charge is 0.419 e. The lowest BCUT2D eigenvalue weighted by molar-refractivity contribution is -0.140. The lowest BCUT2D eigenvalue weighted by atomic mass is 9.94. The highest BCUT2D eigenvalue weighted by atomic mass is 19.4. The Bertz CT molecular complexity index is 3010. The molecule has 0 aliphatic heterocycles. The molecular weight excluding hydrogens is 908 g/mol. The van der Waals surface area contributed by atoms with Gasteiger partial charge >= 0.3 is 24.7 Å². The van der Waals surface area contributed by atoms with Crippen LogP contribution < -0.4 is 0 Å². The molecule has 1 aliphatic rings. The van der Waals surface area contributed by atoms with Gasteiger partial charge in [0, 0.05) is 29.3 Å². The molecule has 1 aliphatic carbocycles. The molecule has 0 atom stereocenters. The Hall–Kier alpha value is -7.76. The minimum absolute atomic E-state index is 0.241. The maximum atomic E-state index is 15.1. The Labute approximate surface area is 352 Å². The van der Waals surface area contributed by atoms with Crippen LogP contribution in [0.3, 0.4) is 0 Å². The topological polar surface area (TPSA) is 123 Å². The maximum absolute atomic E-state index is 15.1. The van der Waals surface area contributed by atoms with Crippen molar-refractivity contribution in [3.05, 3.63) is 153 Å². The third-order valence-electron chi connectivity index (χ3n) is 9.08. The Morgan fingerprint density at radius 3 is 1.25 bits per heavy atom. The zero-order valence-electron chi connectivity index (χ0n) is 31.6. The first-order valence-corrected chi connectivity index (χ1v) is 17.4. The molecule has 0 amide bonds. The zero-order valence-corrected chi connectivity index (χ0v) is 31.6. The number of hydrogen-bond donors (Lipinski definition) is 0. The molecule has 65 heavy (non-hydrogen) atoms. The molecule has 6 rings (SSSR count). The molecule has 0 radical (unpaired) electrons. The standard InChI is InChI=1S/C41H16F16N8/c1-60-31(17-2-6-21(25(42)10-17)38(46,47)48)32(18-3-7-22(26(43)11-18)39(49,50)51)63-30-14-29(61-15-58)36-37(35(30)62-16-59)65-34(20-5-9-24(28(45)13-20)41(55,56)57)33(64-36)19-4-8-23(27(44)12-19)40(52,53)54/h2-14H,1H3. The number of nitrogens with zero attached hydrogens (tertiary/aromatic N) is 8. The minimum atomic E-state index is -5.26. The number of halogens is 16. The molecular formula is C41H16F16N8. The third kappa shape index (κ3) is 9.46. The second-order valence-electron chi connectivity index (χ2n) is 13.1. The number of aliphatic imine (C=N–C) groups is 4. The second-order valence-corrected chi connectivity index (χ2v) is 13.1. The normalized spacial score (nSPS) is 15.2. The van der Waals surface area contributed by atoms with Gasteiger partial charge in [-0.25, -0.2) is 32.5 Å². The van der Waals surface area contributed by atoms with Gasteiger partial charge in [-0.2, -0.15) is 73.2 Å². The highest BCUT2D eigenvalue weighted by Crippen LogP contribution is 2.40. The molecule has 0 saturated heterocycles. The summed E-state index contributed by atoms with van der Waals surface area (Å²) in [5.41, 5.74) is -15.8. The summed E-state index contributed by atoms with van der Waals surface area (Å²) in [4.78, 5) is 23.9. The van der Waals surface area contributed by atoms with E-state index in [4.69, 9.17) is 0 Å². The van der Waals surface area contributed by atoms with E-state index in [1.165, 1.54) is 12.4 Å². The molecule has 332 valence electrons. The number of allylic oxidation sites excluding steroid dienone is 2. The monoisotopic (exact) mass is 924 g/mol. The SMILES string of the molecule is CN=C(C(=NC1=CC(=NC#N)c2nc(-c3ccc(C(F)(F)F)c(F)c3)c(-c3ccc(C(F)(F)F)c(F)c3)nc2C1=NC#N)c1ccc(C(F)(F)F)c(F)c1)c1ccc(C(F)(F)F)c(F)c1. The van der Waals surface area contributed by atoms with E-state index in [0.29, 0.717) is 36.4 Å². The smallest absolute Gasteiger partial charge is 0.286 e. The van der Waals surface area contributed by atoms with Crippen LogP contribution in [-0.4, -0.2) is 39.9 Å². The van der Waals surface area contributed by atoms with Gasteiger partial charge in [0.1, 0.15) is 46.1 Å². The van der Waals surface area contributed by atoms with Crippen LogP contribution in [0, 0.1) is 46.2 Å². The molecule has 24 heteroatoms. The first-order valence-electron chi connectivity index (χ1n) is 17.4. The van der Waals surface area contributed by atoms with Crippen LogP contribution in [0.5, 0.6) is 0 Å². The maximum Gasteiger partial charge on any atom is 0.419 e. The summed E-state index contributed by atoms with van der Waals surface area (Å²) in [5, 5.41) is 19.5. The van der Waals surface area contributed by atoms with E-state index in [2.05, 4.69) is 29.9 Å². The quantitative estimate of drug-likeness (QED) is 0.0956. The van der Waals surface area contributed by atoms with E-state index >= 15 is 8.78 Å². The average Bonchev–Trinajstić information content (AvgIpc) is 3.19. The van der Waals surface area contributed by atoms with Gasteiger partial charge in [0.2, 0.25) is 12.4 Å². The van der Waals surface area contributed by atoms with E-state index < -0.39 is 144 Å². The fourth-order valence-corrected chi connectivity index (χ4v) is 6.27. The molecule has 1 aromatic heterocycles. The van der Waals surface area contributed by atoms with Gasteiger partial charge in [-0.1, -0.05) is 24.3 Å². The highest BCUT2D eigenvalue weighted by molar-refractivity contribution is 6.54. The molecule has 0 bridgehead atoms. The highest BCUT2D eigenvalue weighted by Gasteiger charge is 2.39. The van der Waals surface area contributed by atoms with Crippen LogP contribution >= 0.6 is 0 Å². The Morgan fingerprint density at radius 1 is 0.492 bits per heavy atom. The summed E-state index contributed by atoms with van der Waals surface area (Å²) in [6, 6.07) is 4.79. The fourth-order valence-electron chi connectivity index (χ4n) is 6.27. The van der Waals surface area contributed by atoms with Crippen molar-refractivity contribution in [1.82, 2.24) is 9.97 Å². The number of aromatic nitrogens is 2. The summed E-state index contributed by atoms with van der Waals surface area (Å²) < 4.78 is 223. The molecule has 5 aromatic rings. The number of hydrogen-bond acceptors (Lipinski definition) is 8. The summed E-state index contributed by atoms with van der Waals surface area (Å²) in [6.07, 6.45) is -17.4. The Morgan fingerprint density at radius 2 is 0.877 bits per heavy atom. The molecule has 4 aromatic carbocycles. The van der Waals surface area contributed by atoms with Crippen molar-refractivity contribution in [2.24, 2.45) is 20.0 Å². The molecule has 0 N–H and O–H groups in total. The van der Waals surface area contributed by atoms with Crippen molar-refractivity contribution in [2.45, 2.75) is 24.7 Å². The van der Waals surface area contributed by atoms with E-state index in [1.807, 2.05) is 0 Å². The van der Waals surface area contributed by atoms with Crippen LogP contribution in [-0.2, 0) is 24.7 Å². The number of benzene rings is 4. The van der Waals surface area contributed by atoms with E-state index in [-0.39, 0.29) is 36.4 Å². The fraction of sp³-hybridized carbons (Fsp3) is 0.122. The number of nitriles is 2. The lowest BCUT2D eigenvalue weighted by Gasteiger charge is -2.21. The molecule has 0 saturated carbocycles. The van der Waals surface area contributed by atoms with Crippen molar-refractivity contribution in [1.29, 1.82) is 10.5 Å². The molecule has 0 fully saturated rings. The Kier molecular flexibility index (Phi) is 12.3. The van der Waals surface area contributed by atoms with Gasteiger partial charge in [-0.3, -0.25) is 4.99 Å². The predicted molar refractivity (Wildman–Crippen MR) is 197 cm³/mol. The van der Waals surface area contributed by atoms with Crippen molar-refractivity contribution < 1.29 is 70.2 Å². The van der Waals surface area contributed by atoms with Crippen LogP contribution in [0.1, 0.15) is 44.8 Å². The number of alkyl halides is 12. The summed E-state index contributed by atoms with van der Waals surface area (Å²) in [6.45, 7) is 0. The van der Waals surface area contributed by atoms with Crippen molar-refractivity contribution in [3.8, 4) is 34.9 Å². The lowest BCUT2D eigenvalue weighted by Crippen LogP contribution is -2.25. The predicted octanol–water partition coefficient (Wildman–Crippen LogP) is 11.5. The molecule has 8 nitrogen and oxygen atoms in total. The van der Waals surface area contributed by atoms with Gasteiger partial charge in [0.05, 0.1) is 50.8 Å². The third-order valence-corrected chi connectivity index (χ3v) is 9.08. The van der Waals surface area contributed by atoms with Crippen molar-refractivity contribution >= 4 is 22.8 Å². The van der Waals surface area contributed by atoms with E-state index in [9.17, 15) is 72.0 Å². The van der Waals surface area contributed by atoms with Crippen LogP contribution in [0.15, 0.2) is 105 Å². The van der Waals surface area contributed by atoms with E-state index in [1.54, 1.807) is 0 Å². The van der Waals surface area contributed by atoms with Gasteiger partial charge in [-0.05, 0) is 54.6 Å². The molecule has 0 spiro atoms. The Balaban J connectivity index is 1.68. The second kappa shape index (κ2) is 17.1. The summed E-state index contributed by atoms with van der Waals surface area (Å²) >= 11 is 0. The van der Waals surface area contributed by atoms with Crippen LogP contribution in [0.2, 0.25) is 0 Å². The zero-order chi connectivity index (χ0) is 48.0. The first kappa shape index (κ1) is 46.7. The van der Waals surface area contributed by atoms with Crippen molar-refractivity contribution in [2.75, 3.05) is 7.05 Å². The average molecular weight is 925 g/mol. The van der Waals surface area contributed by atoms with Gasteiger partial charge < -0.3 is 0 Å². The number of rotatable bonds is 6. The summed E-state index contributed by atoms with van der Waals surface area (Å²) in [7, 11) is 0.963. The van der Waals surface area contributed by atoms with Gasteiger partial charge in [-0.15, -0.1) is 0 Å². The van der Waals surface area contributed by atoms with Crippen LogP contribution in [0.4, 0.5) is 70.2 Å². The van der Waals surface area contributed by atoms with Gasteiger partial charge in [0.15, 0.2) is 0 Å². The molecule has 0 unspecified atom stereocenters. The van der Waals surface area contributed by atoms with E-state index in [0.717, 1.165) is 13.1 Å². The first-order chi connectivity index (χ1) is 30.3. The van der Waals surface area contributed by atoms with Gasteiger partial charge in [0.25, 0.3) is 0 Å². The summed E-state index contributed by atoms with van der Waals surface area (Å²) in [5.74, 6) is -7.60. The number of fused-ring (bicyclic) bond motifs is 1. The molecule has 1 heterocycles. The van der Waals surface area contributed by atoms with Crippen LogP contribution in [0.25, 0.3) is 22.5 Å². The van der Waals surface area contributed by atoms with Crippen molar-refractivity contribution in [3.63, 3.8) is 0 Å².